The fourth-order valence-electron chi connectivity index (χ4n) is 0.677. The quantitative estimate of drug-likeness (QED) is 0.623. The zero-order chi connectivity index (χ0) is 9.90. The number of rotatable bonds is 3. The van der Waals surface area contributed by atoms with Crippen molar-refractivity contribution in [2.24, 2.45) is 0 Å². The summed E-state index contributed by atoms with van der Waals surface area (Å²) in [6, 6.07) is 0. The molecule has 1 heterocycles. The van der Waals surface area contributed by atoms with Gasteiger partial charge in [-0.3, -0.25) is 0 Å². The molecule has 0 fully saturated rings. The molecule has 74 valence electrons. The molecule has 0 aliphatic heterocycles. The average Bonchev–Trinajstić information content (AvgIpc) is 2.47. The summed E-state index contributed by atoms with van der Waals surface area (Å²) in [4.78, 5) is 0. The minimum atomic E-state index is -0.141. The predicted octanol–water partition coefficient (Wildman–Crippen LogP) is 1.93. The molecule has 0 N–H and O–H groups in total. The summed E-state index contributed by atoms with van der Waals surface area (Å²) in [7, 11) is 1.20. The Balaban J connectivity index is 2.46. The van der Waals surface area contributed by atoms with Crippen LogP contribution in [0.4, 0.5) is 0 Å². The van der Waals surface area contributed by atoms with Crippen LogP contribution >= 0.6 is 22.6 Å². The topological polar surface area (TPSA) is 39.9 Å². The van der Waals surface area contributed by atoms with Gasteiger partial charge in [0.2, 0.25) is 0 Å². The van der Waals surface area contributed by atoms with E-state index in [-0.39, 0.29) is 5.60 Å². The molecule has 13 heavy (non-hydrogen) atoms. The van der Waals surface area contributed by atoms with Gasteiger partial charge < -0.3 is 4.74 Å². The lowest BCUT2D eigenvalue weighted by atomic mass is 10.2. The molecule has 1 rings (SSSR count). The first-order valence-corrected chi connectivity index (χ1v) is 5.71. The van der Waals surface area contributed by atoms with Gasteiger partial charge in [-0.25, -0.2) is 0 Å². The van der Waals surface area contributed by atoms with Crippen molar-refractivity contribution < 1.29 is 4.74 Å². The average molecular weight is 219 g/mol. The van der Waals surface area contributed by atoms with E-state index in [2.05, 4.69) is 22.0 Å². The number of hydrogen-bond donors (Lipinski definition) is 1. The molecule has 0 amide bonds. The molecule has 0 atom stereocenters. The molecular formula is C7H13N3OS2. The maximum atomic E-state index is 5.52. The molecule has 0 spiro atoms. The van der Waals surface area contributed by atoms with Gasteiger partial charge in [0.25, 0.3) is 0 Å². The smallest absolute Gasteiger partial charge is 0.110 e. The molecule has 0 aliphatic rings. The van der Waals surface area contributed by atoms with Gasteiger partial charge in [-0.15, -0.1) is 5.10 Å². The first kappa shape index (κ1) is 10.9. The molecular weight excluding hydrogens is 206 g/mol. The monoisotopic (exact) mass is 219 g/mol. The van der Waals surface area contributed by atoms with E-state index in [0.717, 1.165) is 5.69 Å². The molecule has 0 aromatic carbocycles. The van der Waals surface area contributed by atoms with Crippen LogP contribution in [0.5, 0.6) is 0 Å². The van der Waals surface area contributed by atoms with Crippen LogP contribution in [0.3, 0.4) is 0 Å². The maximum absolute atomic E-state index is 5.52. The van der Waals surface area contributed by atoms with E-state index in [9.17, 15) is 0 Å². The van der Waals surface area contributed by atoms with Crippen molar-refractivity contribution in [1.82, 2.24) is 14.4 Å². The van der Waals surface area contributed by atoms with Crippen molar-refractivity contribution in [3.05, 3.63) is 11.9 Å². The molecule has 0 saturated carbocycles. The molecule has 0 saturated heterocycles. The van der Waals surface area contributed by atoms with E-state index in [4.69, 9.17) is 4.74 Å². The van der Waals surface area contributed by atoms with Crippen molar-refractivity contribution in [2.75, 3.05) is 0 Å². The summed E-state index contributed by atoms with van der Waals surface area (Å²) in [5.74, 6) is 0. The van der Waals surface area contributed by atoms with Gasteiger partial charge in [0, 0.05) is 11.0 Å². The minimum Gasteiger partial charge on any atom is -0.369 e. The van der Waals surface area contributed by atoms with Gasteiger partial charge in [0.1, 0.15) is 5.69 Å². The van der Waals surface area contributed by atoms with Crippen LogP contribution in [-0.4, -0.2) is 20.0 Å². The van der Waals surface area contributed by atoms with Crippen LogP contribution in [0, 0.1) is 0 Å². The second-order valence-electron chi connectivity index (χ2n) is 3.60. The second-order valence-corrected chi connectivity index (χ2v) is 4.62. The lowest BCUT2D eigenvalue weighted by molar-refractivity contribution is -0.0165. The molecule has 0 bridgehead atoms. The fourth-order valence-corrected chi connectivity index (χ4v) is 1.15. The maximum Gasteiger partial charge on any atom is 0.110 e. The molecule has 0 radical (unpaired) electrons. The highest BCUT2D eigenvalue weighted by Gasteiger charge is 2.11. The normalized spacial score (nSPS) is 12.0. The number of aromatic nitrogens is 3. The number of thiol groups is 1. The Labute approximate surface area is 87.0 Å². The summed E-state index contributed by atoms with van der Waals surface area (Å²) in [6.07, 6.45) is 1.80. The Morgan fingerprint density at radius 1 is 1.62 bits per heavy atom. The molecule has 1 aromatic rings. The lowest BCUT2D eigenvalue weighted by Gasteiger charge is -2.18. The molecule has 6 heteroatoms. The van der Waals surface area contributed by atoms with Gasteiger partial charge in [-0.05, 0) is 20.8 Å². The van der Waals surface area contributed by atoms with E-state index in [1.54, 1.807) is 10.3 Å². The third-order valence-electron chi connectivity index (χ3n) is 1.26. The Kier molecular flexibility index (Phi) is 3.63. The van der Waals surface area contributed by atoms with Gasteiger partial charge in [0.15, 0.2) is 0 Å². The van der Waals surface area contributed by atoms with E-state index in [0.29, 0.717) is 6.61 Å². The fraction of sp³-hybridized carbons (Fsp3) is 0.714. The summed E-state index contributed by atoms with van der Waals surface area (Å²) in [6.45, 7) is 6.50. The Morgan fingerprint density at radius 3 is 2.77 bits per heavy atom. The van der Waals surface area contributed by atoms with Crippen LogP contribution in [0.15, 0.2) is 6.20 Å². The van der Waals surface area contributed by atoms with E-state index in [1.807, 2.05) is 20.8 Å². The zero-order valence-electron chi connectivity index (χ0n) is 7.89. The minimum absolute atomic E-state index is 0.141. The third kappa shape index (κ3) is 4.02. The highest BCUT2D eigenvalue weighted by Crippen LogP contribution is 2.12. The van der Waals surface area contributed by atoms with Gasteiger partial charge in [-0.1, -0.05) is 16.9 Å². The highest BCUT2D eigenvalue weighted by molar-refractivity contribution is 8.67. The lowest BCUT2D eigenvalue weighted by Crippen LogP contribution is -2.18. The summed E-state index contributed by atoms with van der Waals surface area (Å²) in [5.41, 5.74) is 0.675. The van der Waals surface area contributed by atoms with Gasteiger partial charge in [0.05, 0.1) is 18.4 Å². The predicted molar refractivity (Wildman–Crippen MR) is 56.5 cm³/mol. The summed E-state index contributed by atoms with van der Waals surface area (Å²) >= 11 is 3.98. The van der Waals surface area contributed by atoms with Crippen LogP contribution < -0.4 is 0 Å². The molecule has 0 aliphatic carbocycles. The van der Waals surface area contributed by atoms with Gasteiger partial charge >= 0.3 is 0 Å². The summed E-state index contributed by atoms with van der Waals surface area (Å²) in [5, 5.41) is 7.72. The van der Waals surface area contributed by atoms with Crippen molar-refractivity contribution in [1.29, 1.82) is 0 Å². The first-order valence-electron chi connectivity index (χ1n) is 3.88. The highest BCUT2D eigenvalue weighted by atomic mass is 33.1. The molecule has 0 unspecified atom stereocenters. The van der Waals surface area contributed by atoms with Crippen LogP contribution in [0.25, 0.3) is 0 Å². The number of ether oxygens (including phenoxy) is 1. The largest absolute Gasteiger partial charge is 0.369 e. The van der Waals surface area contributed by atoms with Crippen LogP contribution in [-0.2, 0) is 11.3 Å². The van der Waals surface area contributed by atoms with Crippen LogP contribution in [0.2, 0.25) is 0 Å². The van der Waals surface area contributed by atoms with E-state index in [1.165, 1.54) is 11.0 Å². The SMILES string of the molecule is CC(C)(C)OCc1cn(SS)nn1. The Bertz CT molecular complexity index is 269. The summed E-state index contributed by atoms with van der Waals surface area (Å²) < 4.78 is 7.10. The third-order valence-corrected chi connectivity index (χ3v) is 2.11. The zero-order valence-corrected chi connectivity index (χ0v) is 9.60. The van der Waals surface area contributed by atoms with Crippen LogP contribution in [0.1, 0.15) is 26.5 Å². The Morgan fingerprint density at radius 2 is 2.31 bits per heavy atom. The van der Waals surface area contributed by atoms with Crippen molar-refractivity contribution in [2.45, 2.75) is 33.0 Å². The van der Waals surface area contributed by atoms with E-state index < -0.39 is 0 Å². The van der Waals surface area contributed by atoms with Gasteiger partial charge in [-0.2, -0.15) is 4.09 Å². The number of hydrogen-bond acceptors (Lipinski definition) is 5. The van der Waals surface area contributed by atoms with Crippen molar-refractivity contribution in [3.63, 3.8) is 0 Å². The van der Waals surface area contributed by atoms with E-state index >= 15 is 0 Å². The standard InChI is InChI=1S/C7H13N3OS2/c1-7(2,3)11-5-6-4-10(13-12)9-8-6/h4,12H,5H2,1-3H3. The first-order chi connectivity index (χ1) is 6.01. The molecule has 4 nitrogen and oxygen atoms in total. The number of nitrogens with zero attached hydrogens (tertiary/aromatic N) is 3. The Hall–Kier alpha value is -0.200. The second kappa shape index (κ2) is 4.34. The van der Waals surface area contributed by atoms with Crippen molar-refractivity contribution >= 4 is 22.6 Å². The van der Waals surface area contributed by atoms with Crippen molar-refractivity contribution in [3.8, 4) is 0 Å². The molecule has 1 aromatic heterocycles.